The van der Waals surface area contributed by atoms with Crippen molar-refractivity contribution in [3.63, 3.8) is 0 Å². The standard InChI is InChI=1S/C22H23N3O5/c1-12(2)19-18-15(10-13(3)23-20(18)30-24-19)21(26)25-8-9-29-17-7-5-6-14(16(17)11-25)22(27)28-4/h5-7,10,12H,8-9,11H2,1-4H3. The van der Waals surface area contributed by atoms with E-state index in [0.29, 0.717) is 58.1 Å². The molecule has 0 aliphatic carbocycles. The van der Waals surface area contributed by atoms with Crippen molar-refractivity contribution < 1.29 is 23.6 Å². The van der Waals surface area contributed by atoms with Gasteiger partial charge in [0, 0.05) is 11.3 Å². The highest BCUT2D eigenvalue weighted by atomic mass is 16.5. The SMILES string of the molecule is COC(=O)c1cccc2c1CN(C(=O)c1cc(C)nc3onc(C(C)C)c13)CCO2. The number of aromatic nitrogens is 2. The highest BCUT2D eigenvalue weighted by molar-refractivity contribution is 6.06. The molecule has 0 bridgehead atoms. The molecule has 0 N–H and O–H groups in total. The lowest BCUT2D eigenvalue weighted by atomic mass is 10.0. The van der Waals surface area contributed by atoms with Crippen molar-refractivity contribution in [2.24, 2.45) is 0 Å². The first-order valence-electron chi connectivity index (χ1n) is 9.80. The number of carbonyl (C=O) groups is 2. The maximum Gasteiger partial charge on any atom is 0.338 e. The molecule has 2 aromatic heterocycles. The van der Waals surface area contributed by atoms with Crippen LogP contribution in [0.25, 0.3) is 11.1 Å². The van der Waals surface area contributed by atoms with Gasteiger partial charge in [-0.15, -0.1) is 0 Å². The molecule has 3 aromatic rings. The summed E-state index contributed by atoms with van der Waals surface area (Å²) >= 11 is 0. The minimum absolute atomic E-state index is 0.0708. The molecule has 0 unspecified atom stereocenters. The van der Waals surface area contributed by atoms with Gasteiger partial charge in [-0.3, -0.25) is 4.79 Å². The van der Waals surface area contributed by atoms with Crippen molar-refractivity contribution >= 4 is 23.0 Å². The molecule has 0 spiro atoms. The van der Waals surface area contributed by atoms with Crippen LogP contribution in [0.1, 0.15) is 57.4 Å². The summed E-state index contributed by atoms with van der Waals surface area (Å²) in [5.41, 5.74) is 3.22. The summed E-state index contributed by atoms with van der Waals surface area (Å²) in [6.45, 7) is 6.71. The molecule has 1 aliphatic rings. The third-order valence-corrected chi connectivity index (χ3v) is 5.17. The molecule has 30 heavy (non-hydrogen) atoms. The Bertz CT molecular complexity index is 1140. The second-order valence-electron chi connectivity index (χ2n) is 7.56. The summed E-state index contributed by atoms with van der Waals surface area (Å²) in [6, 6.07) is 6.96. The van der Waals surface area contributed by atoms with E-state index < -0.39 is 5.97 Å². The van der Waals surface area contributed by atoms with E-state index in [2.05, 4.69) is 10.1 Å². The zero-order valence-electron chi connectivity index (χ0n) is 17.4. The van der Waals surface area contributed by atoms with Crippen molar-refractivity contribution in [2.75, 3.05) is 20.3 Å². The summed E-state index contributed by atoms with van der Waals surface area (Å²) in [7, 11) is 1.33. The molecular formula is C22H23N3O5. The van der Waals surface area contributed by atoms with Gasteiger partial charge in [0.05, 0.1) is 42.4 Å². The quantitative estimate of drug-likeness (QED) is 0.611. The number of hydrogen-bond acceptors (Lipinski definition) is 7. The number of amides is 1. The van der Waals surface area contributed by atoms with Crippen LogP contribution in [0.3, 0.4) is 0 Å². The van der Waals surface area contributed by atoms with Gasteiger partial charge >= 0.3 is 5.97 Å². The molecule has 8 heteroatoms. The fraction of sp³-hybridized carbons (Fsp3) is 0.364. The molecule has 4 rings (SSSR count). The average molecular weight is 409 g/mol. The van der Waals surface area contributed by atoms with E-state index in [1.54, 1.807) is 29.2 Å². The Morgan fingerprint density at radius 2 is 2.03 bits per heavy atom. The number of ether oxygens (including phenoxy) is 2. The monoisotopic (exact) mass is 409 g/mol. The van der Waals surface area contributed by atoms with Gasteiger partial charge in [-0.1, -0.05) is 25.1 Å². The molecule has 156 valence electrons. The number of benzene rings is 1. The lowest BCUT2D eigenvalue weighted by Crippen LogP contribution is -2.33. The number of pyridine rings is 1. The molecule has 0 atom stereocenters. The smallest absolute Gasteiger partial charge is 0.338 e. The normalized spacial score (nSPS) is 13.7. The molecule has 3 heterocycles. The lowest BCUT2D eigenvalue weighted by Gasteiger charge is -2.21. The van der Waals surface area contributed by atoms with Gasteiger partial charge in [0.15, 0.2) is 0 Å². The van der Waals surface area contributed by atoms with E-state index in [4.69, 9.17) is 14.0 Å². The maximum absolute atomic E-state index is 13.6. The summed E-state index contributed by atoms with van der Waals surface area (Å²) in [4.78, 5) is 31.9. The molecular weight excluding hydrogens is 386 g/mol. The number of carbonyl (C=O) groups excluding carboxylic acids is 2. The van der Waals surface area contributed by atoms with Crippen LogP contribution < -0.4 is 4.74 Å². The molecule has 1 aliphatic heterocycles. The Balaban J connectivity index is 1.78. The highest BCUT2D eigenvalue weighted by Crippen LogP contribution is 2.31. The largest absolute Gasteiger partial charge is 0.491 e. The molecule has 0 radical (unpaired) electrons. The predicted molar refractivity (Wildman–Crippen MR) is 109 cm³/mol. The Morgan fingerprint density at radius 1 is 1.23 bits per heavy atom. The Kier molecular flexibility index (Phi) is 5.15. The molecule has 1 amide bonds. The van der Waals surface area contributed by atoms with Crippen LogP contribution in [0.5, 0.6) is 5.75 Å². The van der Waals surface area contributed by atoms with Crippen LogP contribution in [0, 0.1) is 6.92 Å². The first kappa shape index (κ1) is 19.9. The number of hydrogen-bond donors (Lipinski definition) is 0. The third-order valence-electron chi connectivity index (χ3n) is 5.17. The fourth-order valence-corrected chi connectivity index (χ4v) is 3.70. The fourth-order valence-electron chi connectivity index (χ4n) is 3.70. The number of nitrogens with zero attached hydrogens (tertiary/aromatic N) is 3. The number of fused-ring (bicyclic) bond motifs is 2. The zero-order valence-corrected chi connectivity index (χ0v) is 17.4. The van der Waals surface area contributed by atoms with Crippen molar-refractivity contribution in [3.05, 3.63) is 52.3 Å². The molecule has 0 saturated carbocycles. The predicted octanol–water partition coefficient (Wildman–Crippen LogP) is 3.48. The van der Waals surface area contributed by atoms with E-state index in [9.17, 15) is 9.59 Å². The second-order valence-corrected chi connectivity index (χ2v) is 7.56. The number of aryl methyl sites for hydroxylation is 1. The van der Waals surface area contributed by atoms with Crippen LogP contribution in [0.15, 0.2) is 28.8 Å². The van der Waals surface area contributed by atoms with Crippen molar-refractivity contribution in [1.82, 2.24) is 15.0 Å². The van der Waals surface area contributed by atoms with Crippen LogP contribution >= 0.6 is 0 Å². The average Bonchev–Trinajstić information content (AvgIpc) is 3.03. The van der Waals surface area contributed by atoms with Crippen LogP contribution in [0.2, 0.25) is 0 Å². The van der Waals surface area contributed by atoms with Crippen molar-refractivity contribution in [2.45, 2.75) is 33.2 Å². The minimum Gasteiger partial charge on any atom is -0.491 e. The third kappa shape index (κ3) is 3.38. The van der Waals surface area contributed by atoms with E-state index in [0.717, 1.165) is 0 Å². The van der Waals surface area contributed by atoms with E-state index >= 15 is 0 Å². The van der Waals surface area contributed by atoms with Gasteiger partial charge in [-0.05, 0) is 31.0 Å². The van der Waals surface area contributed by atoms with Gasteiger partial charge in [0.25, 0.3) is 11.6 Å². The maximum atomic E-state index is 13.6. The van der Waals surface area contributed by atoms with Gasteiger partial charge in [0.1, 0.15) is 12.4 Å². The first-order valence-corrected chi connectivity index (χ1v) is 9.80. The van der Waals surface area contributed by atoms with Crippen LogP contribution in [-0.2, 0) is 11.3 Å². The first-order chi connectivity index (χ1) is 14.4. The molecule has 8 nitrogen and oxygen atoms in total. The van der Waals surface area contributed by atoms with Gasteiger partial charge in [-0.2, -0.15) is 0 Å². The van der Waals surface area contributed by atoms with Crippen molar-refractivity contribution in [1.29, 1.82) is 0 Å². The lowest BCUT2D eigenvalue weighted by molar-refractivity contribution is 0.0595. The molecule has 0 saturated heterocycles. The summed E-state index contributed by atoms with van der Waals surface area (Å²) in [5.74, 6) is -0.00160. The van der Waals surface area contributed by atoms with E-state index in [-0.39, 0.29) is 18.4 Å². The van der Waals surface area contributed by atoms with E-state index in [1.807, 2.05) is 20.8 Å². The summed E-state index contributed by atoms with van der Waals surface area (Å²) in [5, 5.41) is 4.76. The van der Waals surface area contributed by atoms with Gasteiger partial charge < -0.3 is 18.9 Å². The Labute approximate surface area is 173 Å². The zero-order chi connectivity index (χ0) is 21.4. The second kappa shape index (κ2) is 7.78. The number of rotatable bonds is 3. The molecule has 0 fully saturated rings. The Morgan fingerprint density at radius 3 is 2.77 bits per heavy atom. The highest BCUT2D eigenvalue weighted by Gasteiger charge is 2.28. The summed E-state index contributed by atoms with van der Waals surface area (Å²) < 4.78 is 16.1. The van der Waals surface area contributed by atoms with Crippen LogP contribution in [0.4, 0.5) is 0 Å². The van der Waals surface area contributed by atoms with Crippen LogP contribution in [-0.4, -0.2) is 47.2 Å². The van der Waals surface area contributed by atoms with E-state index in [1.165, 1.54) is 7.11 Å². The van der Waals surface area contributed by atoms with Gasteiger partial charge in [0.2, 0.25) is 0 Å². The summed E-state index contributed by atoms with van der Waals surface area (Å²) in [6.07, 6.45) is 0. The minimum atomic E-state index is -0.465. The van der Waals surface area contributed by atoms with Crippen molar-refractivity contribution in [3.8, 4) is 5.75 Å². The van der Waals surface area contributed by atoms with Gasteiger partial charge in [-0.25, -0.2) is 9.78 Å². The molecule has 1 aromatic carbocycles. The topological polar surface area (TPSA) is 94.8 Å². The Hall–Kier alpha value is -3.42. The number of esters is 1. The number of methoxy groups -OCH3 is 1.